The van der Waals surface area contributed by atoms with Gasteiger partial charge in [-0.15, -0.1) is 0 Å². The van der Waals surface area contributed by atoms with Crippen LogP contribution in [0.2, 0.25) is 0 Å². The summed E-state index contributed by atoms with van der Waals surface area (Å²) in [7, 11) is 2.93. The van der Waals surface area contributed by atoms with E-state index in [1.165, 1.54) is 7.11 Å². The number of hydrogen-bond donors (Lipinski definition) is 0. The Bertz CT molecular complexity index is 281. The predicted octanol–water partition coefficient (Wildman–Crippen LogP) is 1.01. The molecule has 4 nitrogen and oxygen atoms in total. The first kappa shape index (κ1) is 9.67. The quantitative estimate of drug-likeness (QED) is 0.653. The van der Waals surface area contributed by atoms with Crippen molar-refractivity contribution in [1.29, 1.82) is 0 Å². The third-order valence-electron chi connectivity index (χ3n) is 1.53. The van der Waals surface area contributed by atoms with E-state index in [9.17, 15) is 4.79 Å². The van der Waals surface area contributed by atoms with Crippen LogP contribution >= 0.6 is 0 Å². The number of nitrogens with zero attached hydrogens (tertiary/aromatic N) is 1. The van der Waals surface area contributed by atoms with Crippen LogP contribution in [0.25, 0.3) is 0 Å². The minimum absolute atomic E-state index is 0.308. The summed E-state index contributed by atoms with van der Waals surface area (Å²) < 4.78 is 9.40. The summed E-state index contributed by atoms with van der Waals surface area (Å²) in [5.41, 5.74) is 1.23. The Morgan fingerprint density at radius 3 is 2.69 bits per heavy atom. The van der Waals surface area contributed by atoms with E-state index in [1.54, 1.807) is 25.4 Å². The number of rotatable bonds is 3. The first-order chi connectivity index (χ1) is 6.27. The zero-order valence-corrected chi connectivity index (χ0v) is 7.61. The van der Waals surface area contributed by atoms with Crippen LogP contribution in [0, 0.1) is 0 Å². The number of carbonyl (C=O) groups excluding carboxylic acids is 1. The highest BCUT2D eigenvalue weighted by molar-refractivity contribution is 5.86. The second-order valence-electron chi connectivity index (χ2n) is 2.48. The van der Waals surface area contributed by atoms with Crippen LogP contribution < -0.4 is 0 Å². The van der Waals surface area contributed by atoms with Crippen molar-refractivity contribution >= 4 is 5.97 Å². The van der Waals surface area contributed by atoms with Crippen LogP contribution in [0.5, 0.6) is 0 Å². The fraction of sp³-hybridized carbons (Fsp3) is 0.333. The predicted molar refractivity (Wildman–Crippen MR) is 46.3 cm³/mol. The summed E-state index contributed by atoms with van der Waals surface area (Å²) in [5, 5.41) is 0. The fourth-order valence-electron chi connectivity index (χ4n) is 0.902. The molecule has 0 fully saturated rings. The largest absolute Gasteiger partial charge is 0.464 e. The summed E-state index contributed by atoms with van der Waals surface area (Å²) in [6, 6.07) is 3.39. The summed E-state index contributed by atoms with van der Waals surface area (Å²) in [4.78, 5) is 14.9. The van der Waals surface area contributed by atoms with Gasteiger partial charge in [0.2, 0.25) is 0 Å². The van der Waals surface area contributed by atoms with E-state index in [0.29, 0.717) is 12.3 Å². The van der Waals surface area contributed by atoms with Crippen LogP contribution in [-0.2, 0) is 16.1 Å². The summed E-state index contributed by atoms with van der Waals surface area (Å²) >= 11 is 0. The lowest BCUT2D eigenvalue weighted by Crippen LogP contribution is -2.04. The Hall–Kier alpha value is -1.42. The molecule has 0 amide bonds. The van der Waals surface area contributed by atoms with Gasteiger partial charge in [0.15, 0.2) is 0 Å². The Balaban J connectivity index is 2.75. The first-order valence-electron chi connectivity index (χ1n) is 3.80. The molecule has 0 radical (unpaired) electrons. The van der Waals surface area contributed by atoms with Crippen molar-refractivity contribution in [1.82, 2.24) is 4.98 Å². The molecule has 1 rings (SSSR count). The zero-order valence-electron chi connectivity index (χ0n) is 7.61. The molecule has 0 aromatic carbocycles. The maximum Gasteiger partial charge on any atom is 0.356 e. The molecule has 0 N–H and O–H groups in total. The van der Waals surface area contributed by atoms with Gasteiger partial charge >= 0.3 is 5.97 Å². The van der Waals surface area contributed by atoms with Gasteiger partial charge in [0.25, 0.3) is 0 Å². The average Bonchev–Trinajstić information content (AvgIpc) is 2.18. The number of hydrogen-bond acceptors (Lipinski definition) is 4. The second kappa shape index (κ2) is 4.57. The topological polar surface area (TPSA) is 48.4 Å². The van der Waals surface area contributed by atoms with Gasteiger partial charge in [-0.1, -0.05) is 6.07 Å². The van der Waals surface area contributed by atoms with Gasteiger partial charge in [0.1, 0.15) is 5.69 Å². The normalized spacial score (nSPS) is 9.69. The van der Waals surface area contributed by atoms with E-state index in [2.05, 4.69) is 9.72 Å². The molecule has 0 unspecified atom stereocenters. The van der Waals surface area contributed by atoms with Crippen LogP contribution in [0.4, 0.5) is 0 Å². The monoisotopic (exact) mass is 181 g/mol. The van der Waals surface area contributed by atoms with Crippen molar-refractivity contribution < 1.29 is 14.3 Å². The number of pyridine rings is 1. The van der Waals surface area contributed by atoms with Crippen molar-refractivity contribution in [2.45, 2.75) is 6.61 Å². The first-order valence-corrected chi connectivity index (χ1v) is 3.80. The molecule has 0 aliphatic heterocycles. The number of carbonyl (C=O) groups is 1. The van der Waals surface area contributed by atoms with Crippen molar-refractivity contribution in [3.05, 3.63) is 29.6 Å². The van der Waals surface area contributed by atoms with Crippen LogP contribution in [0.3, 0.4) is 0 Å². The maximum absolute atomic E-state index is 11.0. The van der Waals surface area contributed by atoms with Crippen LogP contribution in [0.15, 0.2) is 18.3 Å². The van der Waals surface area contributed by atoms with E-state index < -0.39 is 5.97 Å². The summed E-state index contributed by atoms with van der Waals surface area (Å²) in [6.07, 6.45) is 1.59. The van der Waals surface area contributed by atoms with Gasteiger partial charge in [-0.2, -0.15) is 0 Å². The lowest BCUT2D eigenvalue weighted by Gasteiger charge is -2.00. The molecule has 0 aliphatic carbocycles. The molecule has 1 aromatic rings. The highest BCUT2D eigenvalue weighted by Gasteiger charge is 2.05. The van der Waals surface area contributed by atoms with Crippen molar-refractivity contribution in [3.63, 3.8) is 0 Å². The summed E-state index contributed by atoms with van der Waals surface area (Å²) in [6.45, 7) is 0.494. The van der Waals surface area contributed by atoms with Crippen molar-refractivity contribution in [3.8, 4) is 0 Å². The molecular formula is C9H11NO3. The Morgan fingerprint density at radius 1 is 1.46 bits per heavy atom. The van der Waals surface area contributed by atoms with E-state index in [-0.39, 0.29) is 0 Å². The molecule has 0 atom stereocenters. The van der Waals surface area contributed by atoms with Gasteiger partial charge < -0.3 is 9.47 Å². The Labute approximate surface area is 76.5 Å². The van der Waals surface area contributed by atoms with Gasteiger partial charge in [-0.25, -0.2) is 9.78 Å². The number of methoxy groups -OCH3 is 2. The van der Waals surface area contributed by atoms with E-state index in [1.807, 2.05) is 0 Å². The molecular weight excluding hydrogens is 170 g/mol. The SMILES string of the molecule is COCc1ccc(C(=O)OC)nc1. The number of aromatic nitrogens is 1. The lowest BCUT2D eigenvalue weighted by atomic mass is 10.2. The minimum atomic E-state index is -0.427. The van der Waals surface area contributed by atoms with E-state index in [0.717, 1.165) is 5.56 Å². The third kappa shape index (κ3) is 2.52. The molecule has 70 valence electrons. The molecule has 1 heterocycles. The van der Waals surface area contributed by atoms with E-state index in [4.69, 9.17) is 4.74 Å². The summed E-state index contributed by atoms with van der Waals surface area (Å²) in [5.74, 6) is -0.427. The minimum Gasteiger partial charge on any atom is -0.464 e. The highest BCUT2D eigenvalue weighted by atomic mass is 16.5. The molecule has 13 heavy (non-hydrogen) atoms. The molecule has 0 spiro atoms. The lowest BCUT2D eigenvalue weighted by molar-refractivity contribution is 0.0594. The Kier molecular flexibility index (Phi) is 3.40. The van der Waals surface area contributed by atoms with Gasteiger partial charge in [-0.05, 0) is 11.6 Å². The Morgan fingerprint density at radius 2 is 2.23 bits per heavy atom. The van der Waals surface area contributed by atoms with Gasteiger partial charge in [0, 0.05) is 13.3 Å². The van der Waals surface area contributed by atoms with Crippen molar-refractivity contribution in [2.24, 2.45) is 0 Å². The third-order valence-corrected chi connectivity index (χ3v) is 1.53. The fourth-order valence-corrected chi connectivity index (χ4v) is 0.902. The standard InChI is InChI=1S/C9H11NO3/c1-12-6-7-3-4-8(10-5-7)9(11)13-2/h3-5H,6H2,1-2H3. The molecule has 0 saturated carbocycles. The van der Waals surface area contributed by atoms with Crippen molar-refractivity contribution in [2.75, 3.05) is 14.2 Å². The molecule has 1 aromatic heterocycles. The van der Waals surface area contributed by atoms with Crippen LogP contribution in [0.1, 0.15) is 16.1 Å². The highest BCUT2D eigenvalue weighted by Crippen LogP contribution is 2.02. The second-order valence-corrected chi connectivity index (χ2v) is 2.48. The van der Waals surface area contributed by atoms with Crippen LogP contribution in [-0.4, -0.2) is 25.2 Å². The average molecular weight is 181 g/mol. The maximum atomic E-state index is 11.0. The smallest absolute Gasteiger partial charge is 0.356 e. The van der Waals surface area contributed by atoms with Gasteiger partial charge in [0.05, 0.1) is 13.7 Å². The zero-order chi connectivity index (χ0) is 9.68. The number of ether oxygens (including phenoxy) is 2. The molecule has 0 bridgehead atoms. The molecule has 0 saturated heterocycles. The molecule has 0 aliphatic rings. The number of esters is 1. The molecule has 4 heteroatoms. The van der Waals surface area contributed by atoms with Gasteiger partial charge in [-0.3, -0.25) is 0 Å². The van der Waals surface area contributed by atoms with E-state index >= 15 is 0 Å².